The van der Waals surface area contributed by atoms with E-state index in [1.165, 1.54) is 28.2 Å². The standard InChI is InChI=1S/C19H14N.C13H24O2.CH4.Ir/c1-12-8-13(2)10-16(9-12)18-11-15-7-6-14-4-3-5-17(20-18)19(14)15;1-5-10(6-2)12(14)9-13(15)11(7-3)8-4;;/h3-9,11H,1-2H3;9-11,14H,5-8H2,1-4H3;1H4;/q-1;;;. The van der Waals surface area contributed by atoms with Gasteiger partial charge in [0, 0.05) is 43.4 Å². The van der Waals surface area contributed by atoms with E-state index in [0.29, 0.717) is 0 Å². The van der Waals surface area contributed by atoms with Crippen LogP contribution < -0.4 is 0 Å². The number of aliphatic hydroxyl groups excluding tert-OH is 1. The number of aromatic nitrogens is 1. The van der Waals surface area contributed by atoms with Crippen molar-refractivity contribution in [1.82, 2.24) is 4.98 Å². The molecule has 0 aliphatic heterocycles. The fourth-order valence-electron chi connectivity index (χ4n) is 4.75. The summed E-state index contributed by atoms with van der Waals surface area (Å²) in [6.45, 7) is 12.3. The van der Waals surface area contributed by atoms with Gasteiger partial charge in [-0.05, 0) is 48.6 Å². The zero-order valence-electron chi connectivity index (χ0n) is 22.3. The molecule has 2 aromatic carbocycles. The third-order valence-electron chi connectivity index (χ3n) is 6.84. The minimum atomic E-state index is 0. The zero-order chi connectivity index (χ0) is 25.5. The van der Waals surface area contributed by atoms with Crippen LogP contribution in [-0.2, 0) is 24.9 Å². The fraction of sp³-hybridized carbons (Fsp3) is 0.394. The molecule has 1 radical (unpaired) electrons. The number of aliphatic hydroxyl groups is 1. The predicted octanol–water partition coefficient (Wildman–Crippen LogP) is 9.31. The maximum Gasteiger partial charge on any atom is 0.162 e. The van der Waals surface area contributed by atoms with E-state index < -0.39 is 0 Å². The third-order valence-corrected chi connectivity index (χ3v) is 6.84. The number of benzene rings is 2. The Labute approximate surface area is 237 Å². The van der Waals surface area contributed by atoms with E-state index >= 15 is 0 Å². The van der Waals surface area contributed by atoms with Gasteiger partial charge in [0.15, 0.2) is 5.78 Å². The van der Waals surface area contributed by atoms with Crippen molar-refractivity contribution in [2.75, 3.05) is 0 Å². The van der Waals surface area contributed by atoms with E-state index in [4.69, 9.17) is 4.98 Å². The SMILES string of the molecule is C.CCC(CC)C(=O)C=C(O)C(CC)CC.Cc1[c-]c(-c2cc3c4c(cccc4n2)C=C3)cc(C)c1.[Ir]. The van der Waals surface area contributed by atoms with Crippen LogP contribution >= 0.6 is 0 Å². The smallest absolute Gasteiger partial charge is 0.162 e. The topological polar surface area (TPSA) is 50.2 Å². The van der Waals surface area contributed by atoms with Crippen LogP contribution in [0.4, 0.5) is 0 Å². The largest absolute Gasteiger partial charge is 0.512 e. The average Bonchev–Trinajstić information content (AvgIpc) is 3.25. The molecule has 0 saturated carbocycles. The van der Waals surface area contributed by atoms with Gasteiger partial charge in [0.25, 0.3) is 0 Å². The van der Waals surface area contributed by atoms with Gasteiger partial charge in [-0.15, -0.1) is 34.9 Å². The van der Waals surface area contributed by atoms with Crippen molar-refractivity contribution < 1.29 is 30.0 Å². The number of pyridine rings is 1. The first-order chi connectivity index (χ1) is 16.8. The fourth-order valence-corrected chi connectivity index (χ4v) is 4.75. The van der Waals surface area contributed by atoms with Gasteiger partial charge in [0.2, 0.25) is 0 Å². The Balaban J connectivity index is 0.000000368. The van der Waals surface area contributed by atoms with Gasteiger partial charge in [-0.25, -0.2) is 0 Å². The number of rotatable bonds is 8. The summed E-state index contributed by atoms with van der Waals surface area (Å²) in [5.41, 5.74) is 8.07. The van der Waals surface area contributed by atoms with Crippen molar-refractivity contribution >= 4 is 28.8 Å². The van der Waals surface area contributed by atoms with Gasteiger partial charge in [-0.2, -0.15) is 0 Å². The molecule has 0 unspecified atom stereocenters. The second-order valence-corrected chi connectivity index (χ2v) is 9.42. The van der Waals surface area contributed by atoms with E-state index in [0.717, 1.165) is 48.0 Å². The number of hydrogen-bond donors (Lipinski definition) is 1. The van der Waals surface area contributed by atoms with Crippen molar-refractivity contribution in [3.05, 3.63) is 76.6 Å². The monoisotopic (exact) mass is 677 g/mol. The molecule has 4 heteroatoms. The molecule has 3 aromatic rings. The van der Waals surface area contributed by atoms with Gasteiger partial charge >= 0.3 is 0 Å². The molecule has 0 bridgehead atoms. The van der Waals surface area contributed by atoms with Crippen LogP contribution in [0.3, 0.4) is 0 Å². The number of ketones is 1. The summed E-state index contributed by atoms with van der Waals surface area (Å²) in [7, 11) is 0. The van der Waals surface area contributed by atoms with Crippen molar-refractivity contribution in [1.29, 1.82) is 0 Å². The molecule has 3 nitrogen and oxygen atoms in total. The molecule has 1 aromatic heterocycles. The summed E-state index contributed by atoms with van der Waals surface area (Å²) in [5, 5.41) is 11.0. The Morgan fingerprint density at radius 3 is 2.16 bits per heavy atom. The Kier molecular flexibility index (Phi) is 13.2. The molecule has 1 aliphatic carbocycles. The summed E-state index contributed by atoms with van der Waals surface area (Å²) < 4.78 is 0. The second kappa shape index (κ2) is 15.0. The molecular formula is C33H42IrNO2-. The van der Waals surface area contributed by atoms with Crippen molar-refractivity contribution in [2.45, 2.75) is 74.7 Å². The molecule has 37 heavy (non-hydrogen) atoms. The Morgan fingerprint density at radius 1 is 0.946 bits per heavy atom. The quantitative estimate of drug-likeness (QED) is 0.115. The van der Waals surface area contributed by atoms with Gasteiger partial charge in [0.1, 0.15) is 0 Å². The number of carbonyl (C=O) groups excluding carboxylic acids is 1. The number of allylic oxidation sites excluding steroid dienone is 2. The molecule has 4 rings (SSSR count). The maximum atomic E-state index is 11.7. The molecule has 201 valence electrons. The first-order valence-corrected chi connectivity index (χ1v) is 12.9. The van der Waals surface area contributed by atoms with Crippen molar-refractivity contribution in [2.24, 2.45) is 11.8 Å². The Bertz CT molecular complexity index is 1230. The second-order valence-electron chi connectivity index (χ2n) is 9.42. The van der Waals surface area contributed by atoms with Gasteiger partial charge in [-0.3, -0.25) is 9.78 Å². The van der Waals surface area contributed by atoms with Crippen LogP contribution in [0.15, 0.2) is 48.2 Å². The minimum Gasteiger partial charge on any atom is -0.512 e. The molecule has 1 aliphatic rings. The van der Waals surface area contributed by atoms with E-state index in [1.54, 1.807) is 0 Å². The summed E-state index contributed by atoms with van der Waals surface area (Å²) in [6.07, 6.45) is 9.24. The molecule has 0 atom stereocenters. The first-order valence-electron chi connectivity index (χ1n) is 12.9. The first kappa shape index (κ1) is 32.5. The van der Waals surface area contributed by atoms with Gasteiger partial charge in [-0.1, -0.05) is 79.3 Å². The summed E-state index contributed by atoms with van der Waals surface area (Å²) in [5.74, 6) is 0.547. The average molecular weight is 677 g/mol. The summed E-state index contributed by atoms with van der Waals surface area (Å²) in [6, 6.07) is 16.2. The molecule has 1 N–H and O–H groups in total. The Hall–Kier alpha value is -2.55. The van der Waals surface area contributed by atoms with E-state index in [2.05, 4.69) is 68.5 Å². The zero-order valence-corrected chi connectivity index (χ0v) is 24.7. The van der Waals surface area contributed by atoms with E-state index in [9.17, 15) is 9.90 Å². The van der Waals surface area contributed by atoms with E-state index in [1.807, 2.05) is 27.7 Å². The molecular weight excluding hydrogens is 635 g/mol. The molecule has 0 amide bonds. The van der Waals surface area contributed by atoms with Crippen LogP contribution in [0.2, 0.25) is 0 Å². The maximum absolute atomic E-state index is 11.7. The van der Waals surface area contributed by atoms with Crippen LogP contribution in [0, 0.1) is 31.7 Å². The van der Waals surface area contributed by atoms with E-state index in [-0.39, 0.29) is 50.9 Å². The van der Waals surface area contributed by atoms with Crippen molar-refractivity contribution in [3.8, 4) is 11.3 Å². The number of hydrogen-bond acceptors (Lipinski definition) is 3. The summed E-state index contributed by atoms with van der Waals surface area (Å²) >= 11 is 0. The number of nitrogens with zero attached hydrogens (tertiary/aromatic N) is 1. The Morgan fingerprint density at radius 2 is 1.57 bits per heavy atom. The van der Waals surface area contributed by atoms with Crippen LogP contribution in [-0.4, -0.2) is 15.9 Å². The molecule has 1 heterocycles. The molecule has 0 saturated heterocycles. The minimum absolute atomic E-state index is 0. The number of carbonyl (C=O) groups is 1. The third kappa shape index (κ3) is 7.96. The van der Waals surface area contributed by atoms with Crippen LogP contribution in [0.25, 0.3) is 34.3 Å². The predicted molar refractivity (Wildman–Crippen MR) is 155 cm³/mol. The van der Waals surface area contributed by atoms with Crippen molar-refractivity contribution in [3.63, 3.8) is 0 Å². The van der Waals surface area contributed by atoms with Gasteiger partial charge in [0.05, 0.1) is 11.3 Å². The van der Waals surface area contributed by atoms with Gasteiger partial charge < -0.3 is 5.11 Å². The normalized spacial score (nSPS) is 11.7. The number of aryl methyl sites for hydroxylation is 2. The van der Waals surface area contributed by atoms with Crippen LogP contribution in [0.1, 0.15) is 83.1 Å². The molecule has 0 fully saturated rings. The summed E-state index contributed by atoms with van der Waals surface area (Å²) in [4.78, 5) is 16.5. The van der Waals surface area contributed by atoms with Crippen LogP contribution in [0.5, 0.6) is 0 Å². The molecule has 0 spiro atoms.